The van der Waals surface area contributed by atoms with Crippen LogP contribution in [0.1, 0.15) is 11.3 Å². The zero-order valence-corrected chi connectivity index (χ0v) is 10.2. The Kier molecular flexibility index (Phi) is 3.23. The summed E-state index contributed by atoms with van der Waals surface area (Å²) in [6.07, 6.45) is 1.56. The maximum absolute atomic E-state index is 5.28. The third-order valence-corrected chi connectivity index (χ3v) is 2.70. The number of aromatic nitrogens is 2. The van der Waals surface area contributed by atoms with Crippen LogP contribution in [0, 0.1) is 13.8 Å². The Hall–Kier alpha value is -2.10. The average Bonchev–Trinajstić information content (AvgIpc) is 2.35. The van der Waals surface area contributed by atoms with Crippen LogP contribution in [0.4, 0.5) is 11.5 Å². The standard InChI is InChI=1S/C13H15N3O/c1-9-10(2)14-8-15-13(9)16-11-6-4-5-7-12(11)17-3/h4-8H,1-3H3,(H,14,15,16). The predicted octanol–water partition coefficient (Wildman–Crippen LogP) is 2.85. The van der Waals surface area contributed by atoms with Crippen molar-refractivity contribution >= 4 is 11.5 Å². The molecule has 2 aromatic rings. The van der Waals surface area contributed by atoms with E-state index in [-0.39, 0.29) is 0 Å². The van der Waals surface area contributed by atoms with Crippen LogP contribution >= 0.6 is 0 Å². The van der Waals surface area contributed by atoms with E-state index in [0.29, 0.717) is 0 Å². The van der Waals surface area contributed by atoms with Gasteiger partial charge in [-0.15, -0.1) is 0 Å². The van der Waals surface area contributed by atoms with Crippen LogP contribution in [0.25, 0.3) is 0 Å². The van der Waals surface area contributed by atoms with Gasteiger partial charge in [-0.1, -0.05) is 12.1 Å². The maximum atomic E-state index is 5.28. The normalized spacial score (nSPS) is 10.1. The van der Waals surface area contributed by atoms with E-state index in [0.717, 1.165) is 28.5 Å². The highest BCUT2D eigenvalue weighted by molar-refractivity contribution is 5.65. The summed E-state index contributed by atoms with van der Waals surface area (Å²) in [5, 5.41) is 3.26. The Morgan fingerprint density at radius 1 is 1.12 bits per heavy atom. The zero-order chi connectivity index (χ0) is 12.3. The van der Waals surface area contributed by atoms with Gasteiger partial charge in [-0.05, 0) is 26.0 Å². The quantitative estimate of drug-likeness (QED) is 0.879. The van der Waals surface area contributed by atoms with Crippen molar-refractivity contribution in [1.82, 2.24) is 9.97 Å². The van der Waals surface area contributed by atoms with Gasteiger partial charge >= 0.3 is 0 Å². The number of ether oxygens (including phenoxy) is 1. The summed E-state index contributed by atoms with van der Waals surface area (Å²) in [7, 11) is 1.65. The Bertz CT molecular complexity index is 526. The fourth-order valence-corrected chi connectivity index (χ4v) is 1.54. The van der Waals surface area contributed by atoms with E-state index in [9.17, 15) is 0 Å². The van der Waals surface area contributed by atoms with E-state index in [4.69, 9.17) is 4.74 Å². The maximum Gasteiger partial charge on any atom is 0.142 e. The lowest BCUT2D eigenvalue weighted by atomic mass is 10.2. The van der Waals surface area contributed by atoms with Gasteiger partial charge in [-0.3, -0.25) is 0 Å². The van der Waals surface area contributed by atoms with Gasteiger partial charge < -0.3 is 10.1 Å². The Labute approximate surface area is 101 Å². The second-order valence-electron chi connectivity index (χ2n) is 3.76. The molecule has 0 saturated carbocycles. The number of benzene rings is 1. The van der Waals surface area contributed by atoms with Crippen LogP contribution in [-0.2, 0) is 0 Å². The first-order chi connectivity index (χ1) is 8.22. The van der Waals surface area contributed by atoms with Crippen molar-refractivity contribution in [3.8, 4) is 5.75 Å². The molecule has 2 rings (SSSR count). The number of hydrogen-bond acceptors (Lipinski definition) is 4. The summed E-state index contributed by atoms with van der Waals surface area (Å²) in [5.74, 6) is 1.60. The first-order valence-electron chi connectivity index (χ1n) is 5.40. The van der Waals surface area contributed by atoms with E-state index in [1.807, 2.05) is 38.1 Å². The molecule has 0 radical (unpaired) electrons. The van der Waals surface area contributed by atoms with Gasteiger partial charge in [0.25, 0.3) is 0 Å². The van der Waals surface area contributed by atoms with Gasteiger partial charge in [0.1, 0.15) is 17.9 Å². The molecule has 0 atom stereocenters. The molecule has 1 aromatic carbocycles. The summed E-state index contributed by atoms with van der Waals surface area (Å²) in [5.41, 5.74) is 2.91. The summed E-state index contributed by atoms with van der Waals surface area (Å²) >= 11 is 0. The molecule has 0 aliphatic carbocycles. The molecule has 4 heteroatoms. The Morgan fingerprint density at radius 3 is 2.65 bits per heavy atom. The lowest BCUT2D eigenvalue weighted by Gasteiger charge is -2.12. The van der Waals surface area contributed by atoms with E-state index in [1.165, 1.54) is 0 Å². The summed E-state index contributed by atoms with van der Waals surface area (Å²) < 4.78 is 5.28. The molecular weight excluding hydrogens is 214 g/mol. The third kappa shape index (κ3) is 2.36. The SMILES string of the molecule is COc1ccccc1Nc1ncnc(C)c1C. The molecule has 4 nitrogen and oxygen atoms in total. The highest BCUT2D eigenvalue weighted by Gasteiger charge is 2.06. The summed E-state index contributed by atoms with van der Waals surface area (Å²) in [6.45, 7) is 3.96. The Balaban J connectivity index is 2.35. The number of rotatable bonds is 3. The minimum atomic E-state index is 0.795. The minimum Gasteiger partial charge on any atom is -0.495 e. The number of nitrogens with zero attached hydrogens (tertiary/aromatic N) is 2. The highest BCUT2D eigenvalue weighted by atomic mass is 16.5. The van der Waals surface area contributed by atoms with E-state index in [1.54, 1.807) is 13.4 Å². The van der Waals surface area contributed by atoms with Crippen LogP contribution < -0.4 is 10.1 Å². The van der Waals surface area contributed by atoms with E-state index >= 15 is 0 Å². The van der Waals surface area contributed by atoms with Crippen molar-refractivity contribution in [3.05, 3.63) is 41.9 Å². The molecule has 0 aliphatic heterocycles. The topological polar surface area (TPSA) is 47.0 Å². The molecule has 1 N–H and O–H groups in total. The highest BCUT2D eigenvalue weighted by Crippen LogP contribution is 2.27. The van der Waals surface area contributed by atoms with Crippen LogP contribution in [0.5, 0.6) is 5.75 Å². The van der Waals surface area contributed by atoms with Crippen molar-refractivity contribution in [3.63, 3.8) is 0 Å². The van der Waals surface area contributed by atoms with Crippen LogP contribution in [0.15, 0.2) is 30.6 Å². The third-order valence-electron chi connectivity index (χ3n) is 2.70. The lowest BCUT2D eigenvalue weighted by molar-refractivity contribution is 0.417. The largest absolute Gasteiger partial charge is 0.495 e. The van der Waals surface area contributed by atoms with Crippen LogP contribution in [0.3, 0.4) is 0 Å². The number of aryl methyl sites for hydroxylation is 1. The molecule has 1 aromatic heterocycles. The van der Waals surface area contributed by atoms with Crippen molar-refractivity contribution in [2.24, 2.45) is 0 Å². The number of nitrogens with one attached hydrogen (secondary N) is 1. The van der Waals surface area contributed by atoms with Gasteiger partial charge in [0.05, 0.1) is 12.8 Å². The molecule has 0 amide bonds. The van der Waals surface area contributed by atoms with Crippen LogP contribution in [0.2, 0.25) is 0 Å². The molecule has 17 heavy (non-hydrogen) atoms. The molecule has 1 heterocycles. The predicted molar refractivity (Wildman–Crippen MR) is 67.8 cm³/mol. The monoisotopic (exact) mass is 229 g/mol. The molecule has 88 valence electrons. The first-order valence-corrected chi connectivity index (χ1v) is 5.40. The Morgan fingerprint density at radius 2 is 1.88 bits per heavy atom. The number of hydrogen-bond donors (Lipinski definition) is 1. The molecule has 0 fully saturated rings. The van der Waals surface area contributed by atoms with Gasteiger partial charge in [0, 0.05) is 11.3 Å². The average molecular weight is 229 g/mol. The van der Waals surface area contributed by atoms with Crippen molar-refractivity contribution in [1.29, 1.82) is 0 Å². The molecular formula is C13H15N3O. The minimum absolute atomic E-state index is 0.795. The fourth-order valence-electron chi connectivity index (χ4n) is 1.54. The summed E-state index contributed by atoms with van der Waals surface area (Å²) in [6, 6.07) is 7.75. The second kappa shape index (κ2) is 4.82. The molecule has 0 aliphatic rings. The zero-order valence-electron chi connectivity index (χ0n) is 10.2. The second-order valence-corrected chi connectivity index (χ2v) is 3.76. The van der Waals surface area contributed by atoms with E-state index < -0.39 is 0 Å². The van der Waals surface area contributed by atoms with Gasteiger partial charge in [-0.2, -0.15) is 0 Å². The first kappa shape index (κ1) is 11.4. The lowest BCUT2D eigenvalue weighted by Crippen LogP contribution is -2.01. The summed E-state index contributed by atoms with van der Waals surface area (Å²) in [4.78, 5) is 8.37. The number of anilines is 2. The van der Waals surface area contributed by atoms with Crippen LogP contribution in [-0.4, -0.2) is 17.1 Å². The van der Waals surface area contributed by atoms with Crippen molar-refractivity contribution < 1.29 is 4.74 Å². The number of para-hydroxylation sites is 2. The molecule has 0 unspecified atom stereocenters. The van der Waals surface area contributed by atoms with Gasteiger partial charge in [0.2, 0.25) is 0 Å². The van der Waals surface area contributed by atoms with Crippen molar-refractivity contribution in [2.75, 3.05) is 12.4 Å². The van der Waals surface area contributed by atoms with Gasteiger partial charge in [-0.25, -0.2) is 9.97 Å². The smallest absolute Gasteiger partial charge is 0.142 e. The van der Waals surface area contributed by atoms with E-state index in [2.05, 4.69) is 15.3 Å². The van der Waals surface area contributed by atoms with Gasteiger partial charge in [0.15, 0.2) is 0 Å². The molecule has 0 spiro atoms. The fraction of sp³-hybridized carbons (Fsp3) is 0.231. The molecule has 0 saturated heterocycles. The molecule has 0 bridgehead atoms. The number of methoxy groups -OCH3 is 1. The van der Waals surface area contributed by atoms with Crippen molar-refractivity contribution in [2.45, 2.75) is 13.8 Å².